The summed E-state index contributed by atoms with van der Waals surface area (Å²) in [4.78, 5) is 17.1. The molecule has 0 spiro atoms. The van der Waals surface area contributed by atoms with Crippen LogP contribution >= 0.6 is 0 Å². The summed E-state index contributed by atoms with van der Waals surface area (Å²) in [5.41, 5.74) is 6.87. The number of hydrogen-bond donors (Lipinski definition) is 3. The quantitative estimate of drug-likeness (QED) is 0.393. The highest BCUT2D eigenvalue weighted by Gasteiger charge is 2.47. The summed E-state index contributed by atoms with van der Waals surface area (Å²) >= 11 is 0. The van der Waals surface area contributed by atoms with Crippen LogP contribution in [0.2, 0.25) is 0 Å². The number of ether oxygens (including phenoxy) is 1. The van der Waals surface area contributed by atoms with E-state index in [1.54, 1.807) is 12.4 Å². The summed E-state index contributed by atoms with van der Waals surface area (Å²) in [6.07, 6.45) is 7.77. The number of piperidine rings is 1. The molecule has 0 bridgehead atoms. The van der Waals surface area contributed by atoms with Gasteiger partial charge in [-0.1, -0.05) is 6.08 Å². The Morgan fingerprint density at radius 3 is 2.68 bits per heavy atom. The van der Waals surface area contributed by atoms with Crippen molar-refractivity contribution in [2.24, 2.45) is 27.1 Å². The molecule has 4 aliphatic heterocycles. The van der Waals surface area contributed by atoms with Crippen molar-refractivity contribution < 1.29 is 23.0 Å². The van der Waals surface area contributed by atoms with Crippen molar-refractivity contribution in [2.75, 3.05) is 32.7 Å². The van der Waals surface area contributed by atoms with Gasteiger partial charge in [0.2, 0.25) is 5.88 Å². The fourth-order valence-corrected chi connectivity index (χ4v) is 7.19. The van der Waals surface area contributed by atoms with E-state index in [4.69, 9.17) is 10.5 Å². The van der Waals surface area contributed by atoms with E-state index in [1.807, 2.05) is 22.0 Å². The maximum atomic E-state index is 13.6. The molecule has 7 rings (SSSR count). The van der Waals surface area contributed by atoms with Gasteiger partial charge in [-0.15, -0.1) is 0 Å². The van der Waals surface area contributed by atoms with Crippen LogP contribution < -0.4 is 15.8 Å². The summed E-state index contributed by atoms with van der Waals surface area (Å²) in [6.45, 7) is 4.17. The third-order valence-electron chi connectivity index (χ3n) is 9.65. The molecule has 2 unspecified atom stereocenters. The Hall–Kier alpha value is -3.33. The number of aliphatic imine (C=N–C) groups is 2. The van der Waals surface area contributed by atoms with Crippen molar-refractivity contribution in [3.8, 4) is 5.88 Å². The zero-order chi connectivity index (χ0) is 30.5. The second kappa shape index (κ2) is 11.5. The molecule has 2 aromatic rings. The Bertz CT molecular complexity index is 1440. The zero-order valence-corrected chi connectivity index (χ0v) is 24.4. The molecule has 2 saturated heterocycles. The standard InChI is InChI=1S/C30H38F3N9O2/c31-30(32,33)25-7-19(12-40-14-22(43)15-40)8-26(39-25)44-23-2-5-41(6-3-23)21-9-29(10-21,16-34)17-42-13-20(11-38-42)27-24-1-4-35-28(24)37-18-36-27/h1,4,7-8,11,13,18,21-24,27,43H,2-3,5-6,9-10,12,14-17,34H2,(H,35,36,37). The summed E-state index contributed by atoms with van der Waals surface area (Å²) in [6, 6.07) is 3.05. The minimum Gasteiger partial charge on any atom is -0.474 e. The van der Waals surface area contributed by atoms with Crippen molar-refractivity contribution in [1.82, 2.24) is 29.9 Å². The van der Waals surface area contributed by atoms with E-state index < -0.39 is 18.0 Å². The molecule has 2 atom stereocenters. The van der Waals surface area contributed by atoms with E-state index >= 15 is 0 Å². The predicted octanol–water partition coefficient (Wildman–Crippen LogP) is 2.34. The van der Waals surface area contributed by atoms with Crippen molar-refractivity contribution in [1.29, 1.82) is 0 Å². The van der Waals surface area contributed by atoms with Crippen molar-refractivity contribution in [3.05, 3.63) is 53.6 Å². The van der Waals surface area contributed by atoms with Crippen molar-refractivity contribution in [2.45, 2.75) is 69.2 Å². The summed E-state index contributed by atoms with van der Waals surface area (Å²) in [7, 11) is 0. The van der Waals surface area contributed by atoms with Gasteiger partial charge < -0.3 is 25.8 Å². The Balaban J connectivity index is 0.918. The summed E-state index contributed by atoms with van der Waals surface area (Å²) < 4.78 is 48.7. The number of rotatable bonds is 9. The summed E-state index contributed by atoms with van der Waals surface area (Å²) in [5, 5.41) is 17.3. The lowest BCUT2D eigenvalue weighted by Crippen LogP contribution is -2.57. The van der Waals surface area contributed by atoms with Crippen molar-refractivity contribution in [3.63, 3.8) is 0 Å². The molecule has 5 aliphatic rings. The lowest BCUT2D eigenvalue weighted by Gasteiger charge is -2.52. The van der Waals surface area contributed by atoms with E-state index in [1.165, 1.54) is 0 Å². The van der Waals surface area contributed by atoms with Crippen LogP contribution in [0, 0.1) is 11.3 Å². The second-order valence-electron chi connectivity index (χ2n) is 12.9. The monoisotopic (exact) mass is 613 g/mol. The maximum absolute atomic E-state index is 13.6. The number of pyridine rings is 1. The first-order valence-corrected chi connectivity index (χ1v) is 15.3. The molecule has 2 aromatic heterocycles. The molecule has 4 N–H and O–H groups in total. The molecule has 0 aromatic carbocycles. The highest BCUT2D eigenvalue weighted by molar-refractivity contribution is 5.96. The van der Waals surface area contributed by atoms with E-state index in [0.29, 0.717) is 37.8 Å². The number of hydrogen-bond acceptors (Lipinski definition) is 10. The number of amidine groups is 1. The number of alkyl halides is 3. The molecular formula is C30H38F3N9O2. The molecule has 0 amide bonds. The molecule has 3 fully saturated rings. The fourth-order valence-electron chi connectivity index (χ4n) is 7.19. The zero-order valence-electron chi connectivity index (χ0n) is 24.4. The van der Waals surface area contributed by atoms with E-state index in [-0.39, 0.29) is 29.4 Å². The van der Waals surface area contributed by atoms with Gasteiger partial charge in [0.05, 0.1) is 24.3 Å². The molecule has 1 aliphatic carbocycles. The highest BCUT2D eigenvalue weighted by Crippen LogP contribution is 2.45. The van der Waals surface area contributed by atoms with Gasteiger partial charge in [-0.3, -0.25) is 14.6 Å². The lowest BCUT2D eigenvalue weighted by molar-refractivity contribution is -0.141. The van der Waals surface area contributed by atoms with Crippen LogP contribution in [0.15, 0.2) is 46.8 Å². The van der Waals surface area contributed by atoms with Gasteiger partial charge in [0.25, 0.3) is 0 Å². The highest BCUT2D eigenvalue weighted by atomic mass is 19.4. The Morgan fingerprint density at radius 1 is 1.16 bits per heavy atom. The molecule has 6 heterocycles. The van der Waals surface area contributed by atoms with E-state index in [2.05, 4.69) is 42.6 Å². The van der Waals surface area contributed by atoms with Gasteiger partial charge in [0, 0.05) is 68.6 Å². The predicted molar refractivity (Wildman–Crippen MR) is 157 cm³/mol. The molecule has 14 heteroatoms. The van der Waals surface area contributed by atoms with Gasteiger partial charge >= 0.3 is 6.18 Å². The first-order chi connectivity index (χ1) is 21.2. The first-order valence-electron chi connectivity index (χ1n) is 15.3. The van der Waals surface area contributed by atoms with Gasteiger partial charge in [0.15, 0.2) is 0 Å². The average Bonchev–Trinajstić information content (AvgIpc) is 3.64. The first kappa shape index (κ1) is 29.4. The largest absolute Gasteiger partial charge is 0.474 e. The van der Waals surface area contributed by atoms with Crippen LogP contribution in [0.25, 0.3) is 0 Å². The van der Waals surface area contributed by atoms with Crippen LogP contribution in [-0.2, 0) is 19.3 Å². The number of aromatic nitrogens is 3. The number of β-amino-alcohol motifs (C(OH)–C–C–N with tert-alkyl or cyclic N) is 1. The molecular weight excluding hydrogens is 575 g/mol. The third-order valence-corrected chi connectivity index (χ3v) is 9.65. The average molecular weight is 614 g/mol. The number of aliphatic hydroxyl groups is 1. The topological polar surface area (TPSA) is 129 Å². The Labute approximate surface area is 253 Å². The second-order valence-corrected chi connectivity index (χ2v) is 12.9. The van der Waals surface area contributed by atoms with Gasteiger partial charge in [-0.2, -0.15) is 18.3 Å². The van der Waals surface area contributed by atoms with Gasteiger partial charge in [-0.05, 0) is 50.1 Å². The van der Waals surface area contributed by atoms with Gasteiger partial charge in [0.1, 0.15) is 24.0 Å². The van der Waals surface area contributed by atoms with Crippen LogP contribution in [0.3, 0.4) is 0 Å². The maximum Gasteiger partial charge on any atom is 0.433 e. The number of nitrogens with zero attached hydrogens (tertiary/aromatic N) is 7. The molecule has 44 heavy (non-hydrogen) atoms. The number of nitrogens with two attached hydrogens (primary N) is 1. The summed E-state index contributed by atoms with van der Waals surface area (Å²) in [5.74, 6) is 1.03. The molecule has 0 radical (unpaired) electrons. The Kier molecular flexibility index (Phi) is 7.71. The lowest BCUT2D eigenvalue weighted by atomic mass is 9.64. The van der Waals surface area contributed by atoms with Crippen LogP contribution in [0.5, 0.6) is 5.88 Å². The van der Waals surface area contributed by atoms with Crippen LogP contribution in [-0.4, -0.2) is 92.8 Å². The molecule has 11 nitrogen and oxygen atoms in total. The molecule has 236 valence electrons. The normalized spacial score (nSPS) is 29.6. The Morgan fingerprint density at radius 2 is 1.95 bits per heavy atom. The molecule has 1 saturated carbocycles. The number of halogens is 3. The van der Waals surface area contributed by atoms with E-state index in [0.717, 1.165) is 62.8 Å². The van der Waals surface area contributed by atoms with Crippen LogP contribution in [0.1, 0.15) is 48.5 Å². The number of fused-ring (bicyclic) bond motifs is 1. The van der Waals surface area contributed by atoms with Crippen molar-refractivity contribution >= 4 is 12.2 Å². The van der Waals surface area contributed by atoms with Gasteiger partial charge in [-0.25, -0.2) is 9.98 Å². The minimum absolute atomic E-state index is 0.0152. The SMILES string of the molecule is NCC1(Cn2cc(C3N=CN=C4NC=CC43)cn2)CC(N2CCC(Oc3cc(CN4CC(O)C4)cc(C(F)(F)F)n3)CC2)C1. The van der Waals surface area contributed by atoms with Crippen LogP contribution in [0.4, 0.5) is 13.2 Å². The number of nitrogens with one attached hydrogen (secondary N) is 1. The fraction of sp³-hybridized carbons (Fsp3) is 0.600. The smallest absolute Gasteiger partial charge is 0.433 e. The third kappa shape index (κ3) is 6.00. The number of likely N-dealkylation sites (tertiary alicyclic amines) is 2. The number of aliphatic hydroxyl groups excluding tert-OH is 1. The van der Waals surface area contributed by atoms with E-state index in [9.17, 15) is 18.3 Å². The minimum atomic E-state index is -4.56.